The van der Waals surface area contributed by atoms with Gasteiger partial charge in [0.25, 0.3) is 0 Å². The van der Waals surface area contributed by atoms with Crippen LogP contribution in [-0.2, 0) is 0 Å². The zero-order valence-corrected chi connectivity index (χ0v) is 30.5. The molecule has 3 rings (SSSR count). The maximum atomic E-state index is 14.5. The summed E-state index contributed by atoms with van der Waals surface area (Å²) in [7, 11) is 24.3. The normalized spacial score (nSPS) is 13.7. The topological polar surface area (TPSA) is 45.1 Å². The molecule has 0 aromatic heterocycles. The first-order valence-electron chi connectivity index (χ1n) is 16.9. The third-order valence-corrected chi connectivity index (χ3v) is 8.59. The molecule has 0 unspecified atom stereocenters. The molecule has 0 heterocycles. The van der Waals surface area contributed by atoms with E-state index < -0.39 is 0 Å². The fourth-order valence-electron chi connectivity index (χ4n) is 6.27. The molecule has 250 valence electrons. The van der Waals surface area contributed by atoms with E-state index in [2.05, 4.69) is 99.5 Å². The van der Waals surface area contributed by atoms with E-state index in [1.165, 1.54) is 4.90 Å². The highest BCUT2D eigenvalue weighted by atomic mass is 16.1. The Labute approximate surface area is 274 Å². The minimum atomic E-state index is -0.0238. The van der Waals surface area contributed by atoms with E-state index >= 15 is 0 Å². The summed E-state index contributed by atoms with van der Waals surface area (Å²) in [5.74, 6) is -0.0474. The number of fused-ring (bicyclic) bond motifs is 2. The van der Waals surface area contributed by atoms with E-state index in [0.717, 1.165) is 103 Å². The Balaban J connectivity index is 2.01. The Bertz CT molecular complexity index is 1280. The molecule has 2 aromatic rings. The van der Waals surface area contributed by atoms with Crippen molar-refractivity contribution in [1.82, 2.24) is 0 Å². The number of nitrogens with one attached hydrogen (secondary N) is 1. The average Bonchev–Trinajstić information content (AvgIpc) is 2.91. The van der Waals surface area contributed by atoms with Crippen molar-refractivity contribution < 1.29 is 27.9 Å². The predicted molar refractivity (Wildman–Crippen MR) is 189 cm³/mol. The average molecular weight is 625 g/mol. The highest BCUT2D eigenvalue weighted by Crippen LogP contribution is 2.38. The molecule has 0 amide bonds. The molecule has 0 bridgehead atoms. The van der Waals surface area contributed by atoms with Gasteiger partial charge in [0.15, 0.2) is 11.6 Å². The maximum Gasteiger partial charge on any atom is 0.196 e. The molecule has 0 radical (unpaired) electrons. The number of rotatable bonds is 18. The van der Waals surface area contributed by atoms with Gasteiger partial charge in [-0.2, -0.15) is 0 Å². The number of quaternary nitrogens is 4. The van der Waals surface area contributed by atoms with Gasteiger partial charge in [-0.3, -0.25) is 9.59 Å². The molecule has 1 aliphatic carbocycles. The zero-order valence-electron chi connectivity index (χ0n) is 30.5. The number of anilines is 2. The maximum absolute atomic E-state index is 14.5. The van der Waals surface area contributed by atoms with Crippen LogP contribution in [0.1, 0.15) is 57.5 Å². The molecule has 0 atom stereocenters. The lowest BCUT2D eigenvalue weighted by atomic mass is 9.81. The summed E-state index contributed by atoms with van der Waals surface area (Å²) < 4.78 is 2.69. The summed E-state index contributed by atoms with van der Waals surface area (Å²) in [6, 6.07) is 11.8. The van der Waals surface area contributed by atoms with Crippen LogP contribution in [0, 0.1) is 0 Å². The van der Waals surface area contributed by atoms with Gasteiger partial charge in [0.2, 0.25) is 0 Å². The summed E-state index contributed by atoms with van der Waals surface area (Å²) in [4.78, 5) is 35.0. The van der Waals surface area contributed by atoms with Gasteiger partial charge in [0.05, 0.1) is 115 Å². The fraction of sp³-hybridized carbons (Fsp3) is 0.622. The summed E-state index contributed by atoms with van der Waals surface area (Å²) in [5, 5.41) is 0. The van der Waals surface area contributed by atoms with Crippen LogP contribution in [0.3, 0.4) is 0 Å². The van der Waals surface area contributed by atoms with Crippen molar-refractivity contribution in [2.24, 2.45) is 0 Å². The van der Waals surface area contributed by atoms with Crippen molar-refractivity contribution in [3.05, 3.63) is 58.7 Å². The molecule has 8 heteroatoms. The first kappa shape index (κ1) is 36.7. The predicted octanol–water partition coefficient (Wildman–Crippen LogP) is 2.90. The van der Waals surface area contributed by atoms with Crippen LogP contribution in [0.5, 0.6) is 0 Å². The van der Waals surface area contributed by atoms with Gasteiger partial charge < -0.3 is 28.1 Å². The Hall–Kier alpha value is -2.78. The Morgan fingerprint density at radius 2 is 0.867 bits per heavy atom. The van der Waals surface area contributed by atoms with Gasteiger partial charge in [0.1, 0.15) is 0 Å². The fourth-order valence-corrected chi connectivity index (χ4v) is 6.27. The second-order valence-electron chi connectivity index (χ2n) is 16.4. The minimum Gasteiger partial charge on any atom is -0.370 e. The highest BCUT2D eigenvalue weighted by Gasteiger charge is 2.35. The number of benzene rings is 2. The molecule has 0 fully saturated rings. The summed E-state index contributed by atoms with van der Waals surface area (Å²) >= 11 is 0. The smallest absolute Gasteiger partial charge is 0.196 e. The standard InChI is InChI=1S/C37H63N6O2/c1-38(2)22-14-23-39(24-15-27-41(3,4)5)32-20-12-18-30-34(32)36(44)31-19-13-21-33(35(31)37(30)45)40(25-16-28-42(6,7)8)26-17-29-43(9,10)11/h12-13,18-21H,14-17,22-29H2,1-11H3/q+3/p+1. The first-order valence-corrected chi connectivity index (χ1v) is 16.9. The third-order valence-electron chi connectivity index (χ3n) is 8.59. The quantitative estimate of drug-likeness (QED) is 0.221. The van der Waals surface area contributed by atoms with Crippen molar-refractivity contribution in [3.8, 4) is 0 Å². The lowest BCUT2D eigenvalue weighted by Gasteiger charge is -2.33. The van der Waals surface area contributed by atoms with Crippen LogP contribution >= 0.6 is 0 Å². The van der Waals surface area contributed by atoms with E-state index in [-0.39, 0.29) is 11.6 Å². The molecule has 8 nitrogen and oxygen atoms in total. The molecule has 0 saturated heterocycles. The van der Waals surface area contributed by atoms with E-state index in [1.54, 1.807) is 0 Å². The number of carbonyl (C=O) groups is 2. The van der Waals surface area contributed by atoms with E-state index in [4.69, 9.17) is 0 Å². The van der Waals surface area contributed by atoms with Crippen molar-refractivity contribution in [2.45, 2.75) is 25.7 Å². The molecule has 2 aromatic carbocycles. The molecule has 1 aliphatic rings. The summed E-state index contributed by atoms with van der Waals surface area (Å²) in [6.07, 6.45) is 4.06. The SMILES string of the molecule is C[NH+](C)CCCN(CCC[N+](C)(C)C)c1cccc2c1C(=O)c1cccc(N(CCC[N+](C)(C)C)CCC[N+](C)(C)C)c1C2=O. The van der Waals surface area contributed by atoms with Gasteiger partial charge in [-0.05, 0) is 12.1 Å². The number of hydrogen-bond donors (Lipinski definition) is 1. The number of hydrogen-bond acceptors (Lipinski definition) is 4. The van der Waals surface area contributed by atoms with Gasteiger partial charge >= 0.3 is 0 Å². The Morgan fingerprint density at radius 3 is 1.18 bits per heavy atom. The Kier molecular flexibility index (Phi) is 12.4. The van der Waals surface area contributed by atoms with Crippen LogP contribution in [0.25, 0.3) is 0 Å². The summed E-state index contributed by atoms with van der Waals surface area (Å²) in [5.41, 5.74) is 4.06. The van der Waals surface area contributed by atoms with E-state index in [9.17, 15) is 9.59 Å². The third kappa shape index (κ3) is 10.9. The van der Waals surface area contributed by atoms with Gasteiger partial charge in [-0.25, -0.2) is 0 Å². The number of ketones is 2. The van der Waals surface area contributed by atoms with Gasteiger partial charge in [0, 0.05) is 74.4 Å². The molecular weight excluding hydrogens is 560 g/mol. The van der Waals surface area contributed by atoms with Gasteiger partial charge in [-0.15, -0.1) is 0 Å². The lowest BCUT2D eigenvalue weighted by molar-refractivity contribution is -0.870. The second-order valence-corrected chi connectivity index (χ2v) is 16.4. The Morgan fingerprint density at radius 1 is 0.533 bits per heavy atom. The zero-order chi connectivity index (χ0) is 33.6. The molecule has 45 heavy (non-hydrogen) atoms. The molecular formula is C37H64N6O2+4. The highest BCUT2D eigenvalue weighted by molar-refractivity contribution is 6.31. The molecule has 0 aliphatic heterocycles. The molecule has 1 N–H and O–H groups in total. The number of carbonyl (C=O) groups excluding carboxylic acids is 2. The molecule has 0 saturated carbocycles. The van der Waals surface area contributed by atoms with Crippen molar-refractivity contribution >= 4 is 22.9 Å². The van der Waals surface area contributed by atoms with Crippen molar-refractivity contribution in [3.63, 3.8) is 0 Å². The van der Waals surface area contributed by atoms with Crippen LogP contribution < -0.4 is 14.7 Å². The molecule has 0 spiro atoms. The van der Waals surface area contributed by atoms with Crippen molar-refractivity contribution in [2.75, 3.05) is 140 Å². The monoisotopic (exact) mass is 625 g/mol. The second kappa shape index (κ2) is 15.2. The van der Waals surface area contributed by atoms with Gasteiger partial charge in [-0.1, -0.05) is 24.3 Å². The van der Waals surface area contributed by atoms with Crippen LogP contribution in [0.4, 0.5) is 11.4 Å². The first-order chi connectivity index (χ1) is 20.9. The van der Waals surface area contributed by atoms with Crippen LogP contribution in [0.15, 0.2) is 36.4 Å². The summed E-state index contributed by atoms with van der Waals surface area (Å²) in [6.45, 7) is 7.60. The van der Waals surface area contributed by atoms with E-state index in [0.29, 0.717) is 22.3 Å². The largest absolute Gasteiger partial charge is 0.370 e. The number of nitrogens with zero attached hydrogens (tertiary/aromatic N) is 5. The minimum absolute atomic E-state index is 0.0236. The van der Waals surface area contributed by atoms with Crippen LogP contribution in [0.2, 0.25) is 0 Å². The van der Waals surface area contributed by atoms with Crippen molar-refractivity contribution in [1.29, 1.82) is 0 Å². The van der Waals surface area contributed by atoms with Crippen LogP contribution in [-0.4, -0.2) is 155 Å². The van der Waals surface area contributed by atoms with E-state index in [1.807, 2.05) is 24.3 Å². The lowest BCUT2D eigenvalue weighted by Crippen LogP contribution is -3.05.